The van der Waals surface area contributed by atoms with E-state index in [1.54, 1.807) is 0 Å². The summed E-state index contributed by atoms with van der Waals surface area (Å²) in [6, 6.07) is 11.9. The standard InChI is InChI=1S/C15H16ClNO/c1-11(17-2)3-8-14-9-10-15(18-14)12-4-6-13(16)7-5-12/h3-11,17H,1-2H3/b8-3+. The van der Waals surface area contributed by atoms with E-state index in [2.05, 4.69) is 18.3 Å². The van der Waals surface area contributed by atoms with Gasteiger partial charge in [-0.15, -0.1) is 0 Å². The van der Waals surface area contributed by atoms with E-state index in [9.17, 15) is 0 Å². The molecular weight excluding hydrogens is 246 g/mol. The second-order valence-corrected chi connectivity index (χ2v) is 4.58. The van der Waals surface area contributed by atoms with Crippen LogP contribution in [0.3, 0.4) is 0 Å². The summed E-state index contributed by atoms with van der Waals surface area (Å²) in [6.45, 7) is 2.08. The molecule has 1 aromatic heterocycles. The molecule has 2 nitrogen and oxygen atoms in total. The summed E-state index contributed by atoms with van der Waals surface area (Å²) in [4.78, 5) is 0. The maximum atomic E-state index is 5.86. The lowest BCUT2D eigenvalue weighted by Crippen LogP contribution is -2.17. The molecule has 0 radical (unpaired) electrons. The number of nitrogens with one attached hydrogen (secondary N) is 1. The zero-order valence-corrected chi connectivity index (χ0v) is 11.2. The molecule has 1 N–H and O–H groups in total. The quantitative estimate of drug-likeness (QED) is 0.891. The van der Waals surface area contributed by atoms with Gasteiger partial charge in [0.1, 0.15) is 11.5 Å². The highest BCUT2D eigenvalue weighted by Crippen LogP contribution is 2.24. The molecular formula is C15H16ClNO. The second-order valence-electron chi connectivity index (χ2n) is 4.15. The van der Waals surface area contributed by atoms with Crippen molar-refractivity contribution >= 4 is 17.7 Å². The number of halogens is 1. The van der Waals surface area contributed by atoms with Gasteiger partial charge < -0.3 is 9.73 Å². The maximum Gasteiger partial charge on any atom is 0.134 e. The van der Waals surface area contributed by atoms with E-state index >= 15 is 0 Å². The Bertz CT molecular complexity index is 528. The van der Waals surface area contributed by atoms with Gasteiger partial charge in [-0.2, -0.15) is 0 Å². The topological polar surface area (TPSA) is 25.2 Å². The highest BCUT2D eigenvalue weighted by atomic mass is 35.5. The molecule has 18 heavy (non-hydrogen) atoms. The largest absolute Gasteiger partial charge is 0.457 e. The Kier molecular flexibility index (Phi) is 4.24. The third kappa shape index (κ3) is 3.25. The Morgan fingerprint density at radius 1 is 1.17 bits per heavy atom. The first-order valence-electron chi connectivity index (χ1n) is 5.90. The minimum absolute atomic E-state index is 0.328. The van der Waals surface area contributed by atoms with Crippen LogP contribution in [-0.2, 0) is 0 Å². The highest BCUT2D eigenvalue weighted by molar-refractivity contribution is 6.30. The maximum absolute atomic E-state index is 5.86. The van der Waals surface area contributed by atoms with Crippen LogP contribution < -0.4 is 5.32 Å². The minimum Gasteiger partial charge on any atom is -0.457 e. The van der Waals surface area contributed by atoms with E-state index in [1.165, 1.54) is 0 Å². The third-order valence-electron chi connectivity index (χ3n) is 2.76. The lowest BCUT2D eigenvalue weighted by atomic mass is 10.2. The number of hydrogen-bond donors (Lipinski definition) is 1. The van der Waals surface area contributed by atoms with Crippen molar-refractivity contribution in [3.05, 3.63) is 53.3 Å². The summed E-state index contributed by atoms with van der Waals surface area (Å²) in [5.41, 5.74) is 1.03. The first-order valence-corrected chi connectivity index (χ1v) is 6.28. The molecule has 0 aliphatic heterocycles. The first kappa shape index (κ1) is 12.9. The normalized spacial score (nSPS) is 13.1. The number of furan rings is 1. The van der Waals surface area contributed by atoms with Gasteiger partial charge in [-0.3, -0.25) is 0 Å². The Hall–Kier alpha value is -1.51. The van der Waals surface area contributed by atoms with Gasteiger partial charge in [0.05, 0.1) is 0 Å². The molecule has 1 heterocycles. The minimum atomic E-state index is 0.328. The smallest absolute Gasteiger partial charge is 0.134 e. The van der Waals surface area contributed by atoms with Crippen molar-refractivity contribution in [2.45, 2.75) is 13.0 Å². The van der Waals surface area contributed by atoms with Crippen LogP contribution in [0.1, 0.15) is 12.7 Å². The summed E-state index contributed by atoms with van der Waals surface area (Å²) < 4.78 is 5.75. The van der Waals surface area contributed by atoms with E-state index in [4.69, 9.17) is 16.0 Å². The van der Waals surface area contributed by atoms with Gasteiger partial charge in [0.25, 0.3) is 0 Å². The van der Waals surface area contributed by atoms with Crippen molar-refractivity contribution in [1.82, 2.24) is 5.32 Å². The SMILES string of the molecule is CNC(C)/C=C/c1ccc(-c2ccc(Cl)cc2)o1. The summed E-state index contributed by atoms with van der Waals surface area (Å²) >= 11 is 5.86. The molecule has 0 saturated carbocycles. The van der Waals surface area contributed by atoms with E-state index in [0.717, 1.165) is 22.1 Å². The van der Waals surface area contributed by atoms with Crippen LogP contribution in [0.2, 0.25) is 5.02 Å². The zero-order chi connectivity index (χ0) is 13.0. The summed E-state index contributed by atoms with van der Waals surface area (Å²) in [6.07, 6.45) is 4.03. The van der Waals surface area contributed by atoms with Crippen molar-refractivity contribution < 1.29 is 4.42 Å². The van der Waals surface area contributed by atoms with Gasteiger partial charge in [0.15, 0.2) is 0 Å². The first-order chi connectivity index (χ1) is 8.69. The lowest BCUT2D eigenvalue weighted by Gasteiger charge is -2.01. The Morgan fingerprint density at radius 2 is 1.89 bits per heavy atom. The van der Waals surface area contributed by atoms with Crippen molar-refractivity contribution in [1.29, 1.82) is 0 Å². The molecule has 1 atom stereocenters. The number of benzene rings is 1. The van der Waals surface area contributed by atoms with Crippen LogP contribution in [0.4, 0.5) is 0 Å². The highest BCUT2D eigenvalue weighted by Gasteiger charge is 2.03. The fourth-order valence-electron chi connectivity index (χ4n) is 1.55. The van der Waals surface area contributed by atoms with Crippen molar-refractivity contribution in [2.75, 3.05) is 7.05 Å². The fourth-order valence-corrected chi connectivity index (χ4v) is 1.67. The van der Waals surface area contributed by atoms with Crippen LogP contribution in [0.5, 0.6) is 0 Å². The van der Waals surface area contributed by atoms with Gasteiger partial charge in [-0.05, 0) is 56.4 Å². The third-order valence-corrected chi connectivity index (χ3v) is 3.01. The van der Waals surface area contributed by atoms with Crippen LogP contribution >= 0.6 is 11.6 Å². The van der Waals surface area contributed by atoms with E-state index in [1.807, 2.05) is 49.5 Å². The Balaban J connectivity index is 2.15. The molecule has 0 amide bonds. The summed E-state index contributed by atoms with van der Waals surface area (Å²) in [7, 11) is 1.93. The summed E-state index contributed by atoms with van der Waals surface area (Å²) in [5.74, 6) is 1.70. The average Bonchev–Trinajstić information content (AvgIpc) is 2.85. The van der Waals surface area contributed by atoms with Crippen LogP contribution in [0, 0.1) is 0 Å². The van der Waals surface area contributed by atoms with Gasteiger partial charge in [-0.1, -0.05) is 17.7 Å². The molecule has 0 fully saturated rings. The molecule has 0 bridgehead atoms. The molecule has 2 rings (SSSR count). The van der Waals surface area contributed by atoms with Crippen molar-refractivity contribution in [3.63, 3.8) is 0 Å². The molecule has 0 saturated heterocycles. The average molecular weight is 262 g/mol. The van der Waals surface area contributed by atoms with E-state index in [0.29, 0.717) is 6.04 Å². The fraction of sp³-hybridized carbons (Fsp3) is 0.200. The molecule has 1 unspecified atom stereocenters. The molecule has 0 spiro atoms. The molecule has 2 aromatic rings. The molecule has 0 aliphatic rings. The van der Waals surface area contributed by atoms with E-state index < -0.39 is 0 Å². The number of likely N-dealkylation sites (N-methyl/N-ethyl adjacent to an activating group) is 1. The predicted molar refractivity (Wildman–Crippen MR) is 76.7 cm³/mol. The van der Waals surface area contributed by atoms with E-state index in [-0.39, 0.29) is 0 Å². The van der Waals surface area contributed by atoms with Crippen LogP contribution in [-0.4, -0.2) is 13.1 Å². The number of rotatable bonds is 4. The zero-order valence-electron chi connectivity index (χ0n) is 10.5. The summed E-state index contributed by atoms with van der Waals surface area (Å²) in [5, 5.41) is 3.87. The Morgan fingerprint density at radius 3 is 2.56 bits per heavy atom. The monoisotopic (exact) mass is 261 g/mol. The second kappa shape index (κ2) is 5.89. The molecule has 0 aliphatic carbocycles. The molecule has 1 aromatic carbocycles. The van der Waals surface area contributed by atoms with Gasteiger partial charge >= 0.3 is 0 Å². The van der Waals surface area contributed by atoms with Gasteiger partial charge in [-0.25, -0.2) is 0 Å². The Labute approximate surface area is 112 Å². The van der Waals surface area contributed by atoms with Gasteiger partial charge in [0, 0.05) is 16.6 Å². The lowest BCUT2D eigenvalue weighted by molar-refractivity contribution is 0.571. The molecule has 3 heteroatoms. The van der Waals surface area contributed by atoms with Crippen LogP contribution in [0.25, 0.3) is 17.4 Å². The number of hydrogen-bond acceptors (Lipinski definition) is 2. The predicted octanol–water partition coefficient (Wildman–Crippen LogP) is 4.22. The van der Waals surface area contributed by atoms with Crippen molar-refractivity contribution in [3.8, 4) is 11.3 Å². The van der Waals surface area contributed by atoms with Crippen LogP contribution in [0.15, 0.2) is 46.9 Å². The molecule has 94 valence electrons. The van der Waals surface area contributed by atoms with Crippen molar-refractivity contribution in [2.24, 2.45) is 0 Å². The van der Waals surface area contributed by atoms with Gasteiger partial charge in [0.2, 0.25) is 0 Å².